The average Bonchev–Trinajstić information content (AvgIpc) is 2.48. The minimum absolute atomic E-state index is 0.0664. The minimum atomic E-state index is 0.0664. The van der Waals surface area contributed by atoms with E-state index in [1.54, 1.807) is 11.8 Å². The van der Waals surface area contributed by atoms with Gasteiger partial charge in [-0.2, -0.15) is 0 Å². The lowest BCUT2D eigenvalue weighted by atomic mass is 9.97. The van der Waals surface area contributed by atoms with E-state index in [-0.39, 0.29) is 11.8 Å². The van der Waals surface area contributed by atoms with Gasteiger partial charge in [0.05, 0.1) is 0 Å². The smallest absolute Gasteiger partial charge is 0.230 e. The Morgan fingerprint density at radius 1 is 1.48 bits per heavy atom. The number of halogens is 1. The normalized spacial score (nSPS) is 18.7. The fourth-order valence-electron chi connectivity index (χ4n) is 2.39. The molecule has 0 spiro atoms. The lowest BCUT2D eigenvalue weighted by molar-refractivity contribution is -0.131. The SMILES string of the molecule is CCN1C(=O)C(C)CC=C1c1ccc(OCSC)cc1Br. The van der Waals surface area contributed by atoms with Crippen LogP contribution in [0.2, 0.25) is 0 Å². The molecule has 1 heterocycles. The molecule has 0 radical (unpaired) electrons. The van der Waals surface area contributed by atoms with Gasteiger partial charge in [-0.15, -0.1) is 11.8 Å². The van der Waals surface area contributed by atoms with Crippen molar-refractivity contribution in [2.45, 2.75) is 20.3 Å². The van der Waals surface area contributed by atoms with Gasteiger partial charge in [0.15, 0.2) is 0 Å². The van der Waals surface area contributed by atoms with Crippen LogP contribution in [-0.4, -0.2) is 29.5 Å². The maximum absolute atomic E-state index is 12.3. The van der Waals surface area contributed by atoms with Crippen molar-refractivity contribution in [3.05, 3.63) is 34.3 Å². The quantitative estimate of drug-likeness (QED) is 0.721. The number of rotatable bonds is 5. The summed E-state index contributed by atoms with van der Waals surface area (Å²) in [7, 11) is 0. The maximum Gasteiger partial charge on any atom is 0.230 e. The predicted molar refractivity (Wildman–Crippen MR) is 92.3 cm³/mol. The van der Waals surface area contributed by atoms with Crippen LogP contribution in [0.3, 0.4) is 0 Å². The molecular weight excluding hydrogens is 350 g/mol. The lowest BCUT2D eigenvalue weighted by Gasteiger charge is -2.31. The predicted octanol–water partition coefficient (Wildman–Crippen LogP) is 4.38. The number of amides is 1. The Morgan fingerprint density at radius 2 is 2.24 bits per heavy atom. The molecule has 1 aliphatic rings. The van der Waals surface area contributed by atoms with E-state index in [0.29, 0.717) is 12.5 Å². The molecular formula is C16H20BrNO2S. The monoisotopic (exact) mass is 369 g/mol. The molecule has 0 saturated heterocycles. The highest BCUT2D eigenvalue weighted by molar-refractivity contribution is 9.10. The summed E-state index contributed by atoms with van der Waals surface area (Å²) in [5, 5.41) is 0. The Labute approximate surface area is 138 Å². The molecule has 5 heteroatoms. The molecule has 1 unspecified atom stereocenters. The summed E-state index contributed by atoms with van der Waals surface area (Å²) < 4.78 is 6.55. The van der Waals surface area contributed by atoms with Gasteiger partial charge < -0.3 is 9.64 Å². The highest BCUT2D eigenvalue weighted by atomic mass is 79.9. The van der Waals surface area contributed by atoms with Gasteiger partial charge in [0.25, 0.3) is 0 Å². The van der Waals surface area contributed by atoms with Crippen molar-refractivity contribution in [1.29, 1.82) is 0 Å². The van der Waals surface area contributed by atoms with Crippen molar-refractivity contribution >= 4 is 39.3 Å². The molecule has 1 aromatic rings. The summed E-state index contributed by atoms with van der Waals surface area (Å²) >= 11 is 5.24. The summed E-state index contributed by atoms with van der Waals surface area (Å²) in [6.45, 7) is 4.67. The number of carbonyl (C=O) groups is 1. The number of benzene rings is 1. The Morgan fingerprint density at radius 3 is 2.86 bits per heavy atom. The van der Waals surface area contributed by atoms with Crippen LogP contribution in [0.25, 0.3) is 5.70 Å². The van der Waals surface area contributed by atoms with Crippen LogP contribution in [-0.2, 0) is 4.79 Å². The second kappa shape index (κ2) is 7.36. The van der Waals surface area contributed by atoms with Crippen LogP contribution in [0.15, 0.2) is 28.7 Å². The van der Waals surface area contributed by atoms with Gasteiger partial charge in [-0.3, -0.25) is 4.79 Å². The van der Waals surface area contributed by atoms with E-state index in [0.717, 1.165) is 27.9 Å². The molecule has 1 aliphatic heterocycles. The van der Waals surface area contributed by atoms with E-state index in [1.165, 1.54) is 0 Å². The van der Waals surface area contributed by atoms with Crippen LogP contribution in [0.5, 0.6) is 5.75 Å². The van der Waals surface area contributed by atoms with Gasteiger partial charge in [-0.1, -0.05) is 13.0 Å². The highest BCUT2D eigenvalue weighted by Crippen LogP contribution is 2.34. The fraction of sp³-hybridized carbons (Fsp3) is 0.438. The Balaban J connectivity index is 2.30. The van der Waals surface area contributed by atoms with Crippen molar-refractivity contribution in [2.24, 2.45) is 5.92 Å². The van der Waals surface area contributed by atoms with Gasteiger partial charge in [-0.25, -0.2) is 0 Å². The van der Waals surface area contributed by atoms with Crippen molar-refractivity contribution in [3.63, 3.8) is 0 Å². The average molecular weight is 370 g/mol. The van der Waals surface area contributed by atoms with Crippen molar-refractivity contribution in [2.75, 3.05) is 18.7 Å². The Bertz CT molecular complexity index is 559. The fourth-order valence-corrected chi connectivity index (χ4v) is 3.20. The topological polar surface area (TPSA) is 29.5 Å². The van der Waals surface area contributed by atoms with Gasteiger partial charge in [0, 0.05) is 28.2 Å². The molecule has 0 bridgehead atoms. The zero-order valence-electron chi connectivity index (χ0n) is 12.6. The second-order valence-electron chi connectivity index (χ2n) is 5.00. The highest BCUT2D eigenvalue weighted by Gasteiger charge is 2.27. The molecule has 0 N–H and O–H groups in total. The van der Waals surface area contributed by atoms with Crippen LogP contribution >= 0.6 is 27.7 Å². The van der Waals surface area contributed by atoms with Crippen molar-refractivity contribution in [3.8, 4) is 5.75 Å². The number of ether oxygens (including phenoxy) is 1. The minimum Gasteiger partial charge on any atom is -0.483 e. The number of hydrogen-bond donors (Lipinski definition) is 0. The Kier molecular flexibility index (Phi) is 5.76. The molecule has 0 aliphatic carbocycles. The van der Waals surface area contributed by atoms with Crippen LogP contribution in [0, 0.1) is 5.92 Å². The summed E-state index contributed by atoms with van der Waals surface area (Å²) in [4.78, 5) is 14.2. The van der Waals surface area contributed by atoms with Crippen LogP contribution in [0.1, 0.15) is 25.8 Å². The zero-order valence-corrected chi connectivity index (χ0v) is 15.0. The summed E-state index contributed by atoms with van der Waals surface area (Å²) in [6, 6.07) is 5.92. The third kappa shape index (κ3) is 3.64. The number of carbonyl (C=O) groups excluding carboxylic acids is 1. The largest absolute Gasteiger partial charge is 0.483 e. The zero-order chi connectivity index (χ0) is 15.4. The van der Waals surface area contributed by atoms with Crippen molar-refractivity contribution < 1.29 is 9.53 Å². The lowest BCUT2D eigenvalue weighted by Crippen LogP contribution is -2.36. The molecule has 1 amide bonds. The summed E-state index contributed by atoms with van der Waals surface area (Å²) in [6.07, 6.45) is 4.95. The van der Waals surface area contributed by atoms with Gasteiger partial charge in [0.1, 0.15) is 11.7 Å². The van der Waals surface area contributed by atoms with E-state index >= 15 is 0 Å². The van der Waals surface area contributed by atoms with Crippen LogP contribution < -0.4 is 4.74 Å². The third-order valence-electron chi connectivity index (χ3n) is 3.52. The number of nitrogens with zero attached hydrogens (tertiary/aromatic N) is 1. The first kappa shape index (κ1) is 16.4. The maximum atomic E-state index is 12.3. The van der Waals surface area contributed by atoms with E-state index < -0.39 is 0 Å². The molecule has 1 atom stereocenters. The van der Waals surface area contributed by atoms with E-state index in [4.69, 9.17) is 4.74 Å². The molecule has 1 aromatic carbocycles. The van der Waals surface area contributed by atoms with Gasteiger partial charge in [-0.05, 0) is 53.7 Å². The number of allylic oxidation sites excluding steroid dienone is 1. The second-order valence-corrected chi connectivity index (χ2v) is 6.67. The number of thioether (sulfide) groups is 1. The molecule has 0 fully saturated rings. The van der Waals surface area contributed by atoms with Gasteiger partial charge in [0.2, 0.25) is 5.91 Å². The third-order valence-corrected chi connectivity index (χ3v) is 4.53. The van der Waals surface area contributed by atoms with E-state index in [1.807, 2.05) is 43.2 Å². The molecule has 3 nitrogen and oxygen atoms in total. The van der Waals surface area contributed by atoms with Crippen LogP contribution in [0.4, 0.5) is 0 Å². The Hall–Kier alpha value is -0.940. The molecule has 21 heavy (non-hydrogen) atoms. The molecule has 114 valence electrons. The first-order valence-corrected chi connectivity index (χ1v) is 9.20. The molecule has 0 aromatic heterocycles. The summed E-state index contributed by atoms with van der Waals surface area (Å²) in [5.74, 6) is 1.73. The first-order chi connectivity index (χ1) is 10.1. The summed E-state index contributed by atoms with van der Waals surface area (Å²) in [5.41, 5.74) is 2.03. The molecule has 0 saturated carbocycles. The molecule has 2 rings (SSSR count). The van der Waals surface area contributed by atoms with Crippen molar-refractivity contribution in [1.82, 2.24) is 4.90 Å². The standard InChI is InChI=1S/C16H20BrNO2S/c1-4-18-15(8-5-11(2)16(18)19)13-7-6-12(9-14(13)17)20-10-21-3/h6-9,11H,4-5,10H2,1-3H3. The number of hydrogen-bond acceptors (Lipinski definition) is 3. The first-order valence-electron chi connectivity index (χ1n) is 7.01. The van der Waals surface area contributed by atoms with E-state index in [9.17, 15) is 4.79 Å². The van der Waals surface area contributed by atoms with Gasteiger partial charge >= 0.3 is 0 Å². The van der Waals surface area contributed by atoms with E-state index in [2.05, 4.69) is 22.0 Å².